The minimum atomic E-state index is -0.722. The first-order valence-corrected chi connectivity index (χ1v) is 16.3. The minimum Gasteiger partial charge on any atom is -0.481 e. The van der Waals surface area contributed by atoms with Crippen LogP contribution in [0.2, 0.25) is 0 Å². The summed E-state index contributed by atoms with van der Waals surface area (Å²) >= 11 is 0. The Balaban J connectivity index is 0.000000237. The fourth-order valence-electron chi connectivity index (χ4n) is 5.85. The molecule has 0 aromatic heterocycles. The number of carboxylic acid groups (broad SMARTS) is 1. The van der Waals surface area contributed by atoms with Crippen LogP contribution in [0.15, 0.2) is 0 Å². The Morgan fingerprint density at radius 2 is 1.36 bits per heavy atom. The van der Waals surface area contributed by atoms with Crippen LogP contribution in [0.3, 0.4) is 0 Å². The molecule has 1 N–H and O–H groups in total. The Bertz CT molecular complexity index is 959. The van der Waals surface area contributed by atoms with Crippen LogP contribution in [0.25, 0.3) is 0 Å². The van der Waals surface area contributed by atoms with E-state index < -0.39 is 16.8 Å². The molecule has 0 aromatic carbocycles. The molecule has 4 aliphatic rings. The first-order chi connectivity index (χ1) is 19.4. The van der Waals surface area contributed by atoms with Gasteiger partial charge in [-0.1, -0.05) is 34.1 Å². The summed E-state index contributed by atoms with van der Waals surface area (Å²) in [5.41, 5.74) is -1.48. The summed E-state index contributed by atoms with van der Waals surface area (Å²) in [4.78, 5) is 46.1. The molecule has 1 aliphatic heterocycles. The van der Waals surface area contributed by atoms with Crippen molar-refractivity contribution < 1.29 is 38.5 Å². The molecule has 0 aromatic rings. The van der Waals surface area contributed by atoms with Crippen LogP contribution in [0.4, 0.5) is 0 Å². The smallest absolute Gasteiger partial charge is 0.312 e. The van der Waals surface area contributed by atoms with Crippen molar-refractivity contribution in [3.8, 4) is 0 Å². The van der Waals surface area contributed by atoms with Crippen molar-refractivity contribution in [2.75, 3.05) is 0 Å². The zero-order chi connectivity index (χ0) is 32.1. The zero-order valence-corrected chi connectivity index (χ0v) is 28.0. The molecule has 4 fully saturated rings. The third-order valence-corrected chi connectivity index (χ3v) is 10.7. The molecule has 0 spiro atoms. The van der Waals surface area contributed by atoms with Crippen molar-refractivity contribution in [2.45, 2.75) is 158 Å². The number of fused-ring (bicyclic) bond motifs is 1. The highest BCUT2D eigenvalue weighted by atomic mass is 16.6. The molecule has 42 heavy (non-hydrogen) atoms. The summed E-state index contributed by atoms with van der Waals surface area (Å²) in [6, 6.07) is 0. The van der Waals surface area contributed by atoms with Gasteiger partial charge < -0.3 is 19.3 Å². The maximum absolute atomic E-state index is 12.1. The lowest BCUT2D eigenvalue weighted by molar-refractivity contribution is -0.175. The fraction of sp³-hybridized carbons (Fsp3) is 0.882. The van der Waals surface area contributed by atoms with Crippen LogP contribution in [0, 0.1) is 34.0 Å². The molecule has 3 saturated carbocycles. The lowest BCUT2D eigenvalue weighted by Gasteiger charge is -2.38. The lowest BCUT2D eigenvalue weighted by atomic mass is 9.82. The molecule has 242 valence electrons. The molecule has 1 heterocycles. The third kappa shape index (κ3) is 8.28. The molecule has 3 aliphatic carbocycles. The van der Waals surface area contributed by atoms with Gasteiger partial charge in [-0.2, -0.15) is 0 Å². The highest BCUT2D eigenvalue weighted by Gasteiger charge is 2.63. The van der Waals surface area contributed by atoms with Gasteiger partial charge in [0.2, 0.25) is 0 Å². The number of hydrogen-bond donors (Lipinski definition) is 1. The Kier molecular flexibility index (Phi) is 12.1. The number of rotatable bonds is 9. The first-order valence-electron chi connectivity index (χ1n) is 16.3. The molecule has 0 radical (unpaired) electrons. The second-order valence-electron chi connectivity index (χ2n) is 14.8. The molecule has 8 heteroatoms. The molecule has 0 amide bonds. The summed E-state index contributed by atoms with van der Waals surface area (Å²) in [7, 11) is 0. The van der Waals surface area contributed by atoms with Crippen LogP contribution < -0.4 is 0 Å². The number of esters is 3. The Morgan fingerprint density at radius 3 is 1.81 bits per heavy atom. The largest absolute Gasteiger partial charge is 0.481 e. The number of hydrogen-bond acceptors (Lipinski definition) is 7. The number of ether oxygens (including phenoxy) is 3. The van der Waals surface area contributed by atoms with Crippen molar-refractivity contribution in [3.63, 3.8) is 0 Å². The van der Waals surface area contributed by atoms with Gasteiger partial charge in [0.1, 0.15) is 17.8 Å². The molecular weight excluding hydrogens is 536 g/mol. The van der Waals surface area contributed by atoms with Crippen LogP contribution >= 0.6 is 0 Å². The summed E-state index contributed by atoms with van der Waals surface area (Å²) in [6.07, 6.45) is 10.5. The number of carbonyl (C=O) groups is 4. The average molecular weight is 595 g/mol. The molecular formula is C34H58O8. The van der Waals surface area contributed by atoms with E-state index in [0.29, 0.717) is 18.3 Å². The van der Waals surface area contributed by atoms with E-state index >= 15 is 0 Å². The molecule has 4 rings (SSSR count). The quantitative estimate of drug-likeness (QED) is 0.215. The van der Waals surface area contributed by atoms with E-state index in [1.807, 2.05) is 48.5 Å². The number of carboxylic acids is 1. The predicted octanol–water partition coefficient (Wildman–Crippen LogP) is 7.50. The van der Waals surface area contributed by atoms with Gasteiger partial charge in [-0.15, -0.1) is 0 Å². The van der Waals surface area contributed by atoms with E-state index in [2.05, 4.69) is 6.92 Å². The summed E-state index contributed by atoms with van der Waals surface area (Å²) in [5, 5.41) is 8.44. The van der Waals surface area contributed by atoms with E-state index in [1.165, 1.54) is 19.3 Å². The van der Waals surface area contributed by atoms with Gasteiger partial charge >= 0.3 is 23.9 Å². The Morgan fingerprint density at radius 1 is 0.833 bits per heavy atom. The SMILES string of the molecule is CCC(C)(C)C(=O)O.CCC(C)(C)C(=O)OC1C2CC3C(=O)OC1C3C2.CCC1(OC(=O)C(C)(C)CC)CCCCC1. The standard InChI is InChI=1S/C14H20O4.C14H26O2.C6H12O2/c1-4-14(2,3)13(16)18-10-7-5-8-9(6-7)12(15)17-11(8)10;1-5-13(3,4)12(15)16-14(6-2)10-8-7-9-11-14;1-4-6(2,3)5(7)8/h7-11H,4-6H2,1-3H3;5-11H2,1-4H3;4H2,1-3H3,(H,7,8). The van der Waals surface area contributed by atoms with E-state index in [-0.39, 0.29) is 47.0 Å². The summed E-state index contributed by atoms with van der Waals surface area (Å²) in [6.45, 7) is 19.2. The van der Waals surface area contributed by atoms with Gasteiger partial charge in [-0.3, -0.25) is 19.2 Å². The maximum atomic E-state index is 12.1. The highest BCUT2D eigenvalue weighted by Crippen LogP contribution is 2.55. The van der Waals surface area contributed by atoms with Gasteiger partial charge in [-0.05, 0) is 106 Å². The van der Waals surface area contributed by atoms with Gasteiger partial charge in [0.25, 0.3) is 0 Å². The number of carbonyl (C=O) groups excluding carboxylic acids is 3. The number of aliphatic carboxylic acids is 1. The van der Waals surface area contributed by atoms with E-state index in [1.54, 1.807) is 13.8 Å². The summed E-state index contributed by atoms with van der Waals surface area (Å²) in [5.74, 6) is -0.283. The predicted molar refractivity (Wildman–Crippen MR) is 162 cm³/mol. The Hall–Kier alpha value is -2.12. The van der Waals surface area contributed by atoms with E-state index in [4.69, 9.17) is 19.3 Å². The molecule has 5 atom stereocenters. The molecule has 5 unspecified atom stereocenters. The van der Waals surface area contributed by atoms with Crippen molar-refractivity contribution in [2.24, 2.45) is 34.0 Å². The van der Waals surface area contributed by atoms with Crippen LogP contribution in [-0.2, 0) is 33.4 Å². The first kappa shape index (κ1) is 36.1. The van der Waals surface area contributed by atoms with Crippen LogP contribution in [-0.4, -0.2) is 46.8 Å². The van der Waals surface area contributed by atoms with E-state index in [9.17, 15) is 19.2 Å². The van der Waals surface area contributed by atoms with Gasteiger partial charge in [0, 0.05) is 11.8 Å². The van der Waals surface area contributed by atoms with Crippen molar-refractivity contribution in [3.05, 3.63) is 0 Å². The summed E-state index contributed by atoms with van der Waals surface area (Å²) < 4.78 is 16.9. The average Bonchev–Trinajstić information content (AvgIpc) is 3.59. The van der Waals surface area contributed by atoms with Gasteiger partial charge in [0.05, 0.1) is 22.2 Å². The second-order valence-corrected chi connectivity index (χ2v) is 14.8. The highest BCUT2D eigenvalue weighted by molar-refractivity contribution is 5.78. The second kappa shape index (κ2) is 14.1. The topological polar surface area (TPSA) is 116 Å². The van der Waals surface area contributed by atoms with Gasteiger partial charge in [0.15, 0.2) is 0 Å². The molecule has 8 nitrogen and oxygen atoms in total. The normalized spacial score (nSPS) is 27.6. The monoisotopic (exact) mass is 594 g/mol. The van der Waals surface area contributed by atoms with Crippen molar-refractivity contribution in [1.82, 2.24) is 0 Å². The lowest BCUT2D eigenvalue weighted by Crippen LogP contribution is -2.40. The molecule has 1 saturated heterocycles. The third-order valence-electron chi connectivity index (χ3n) is 10.7. The zero-order valence-electron chi connectivity index (χ0n) is 28.0. The van der Waals surface area contributed by atoms with E-state index in [0.717, 1.165) is 44.9 Å². The maximum Gasteiger partial charge on any atom is 0.312 e. The van der Waals surface area contributed by atoms with Crippen LogP contribution in [0.5, 0.6) is 0 Å². The van der Waals surface area contributed by atoms with Gasteiger partial charge in [-0.25, -0.2) is 0 Å². The molecule has 2 bridgehead atoms. The Labute approximate surface area is 254 Å². The fourth-order valence-corrected chi connectivity index (χ4v) is 5.85. The van der Waals surface area contributed by atoms with Crippen molar-refractivity contribution >= 4 is 23.9 Å². The van der Waals surface area contributed by atoms with Crippen molar-refractivity contribution in [1.29, 1.82) is 0 Å². The van der Waals surface area contributed by atoms with Crippen LogP contribution in [0.1, 0.15) is 140 Å². The minimum absolute atomic E-state index is 0.0150.